The van der Waals surface area contributed by atoms with Crippen LogP contribution in [0.5, 0.6) is 0 Å². The van der Waals surface area contributed by atoms with Crippen LogP contribution in [0.1, 0.15) is 107 Å². The fraction of sp³-hybridized carbons (Fsp3) is 0.688. The van der Waals surface area contributed by atoms with E-state index in [1.807, 2.05) is 25.1 Å². The van der Waals surface area contributed by atoms with E-state index >= 15 is 0 Å². The molecule has 2 aromatic rings. The Morgan fingerprint density at radius 2 is 1.71 bits per heavy atom. The van der Waals surface area contributed by atoms with Crippen LogP contribution in [-0.2, 0) is 17.0 Å². The Balaban J connectivity index is 0.00000110. The number of rotatable bonds is 6. The molecule has 1 spiro atoms. The van der Waals surface area contributed by atoms with Crippen molar-refractivity contribution >= 4 is 22.4 Å². The summed E-state index contributed by atoms with van der Waals surface area (Å²) in [5.41, 5.74) is 1.03. The number of aromatic nitrogens is 2. The maximum Gasteiger partial charge on any atom is 0.419 e. The van der Waals surface area contributed by atoms with Gasteiger partial charge in [0, 0.05) is 34.0 Å². The summed E-state index contributed by atoms with van der Waals surface area (Å²) in [5, 5.41) is 13.0. The zero-order valence-electron chi connectivity index (χ0n) is 25.1. The van der Waals surface area contributed by atoms with Crippen LogP contribution in [0.3, 0.4) is 0 Å². The van der Waals surface area contributed by atoms with E-state index in [0.29, 0.717) is 42.8 Å². The van der Waals surface area contributed by atoms with Gasteiger partial charge >= 0.3 is 6.18 Å². The molecule has 4 aliphatic rings. The number of hydrogen-bond acceptors (Lipinski definition) is 6. The maximum absolute atomic E-state index is 13.7. The highest BCUT2D eigenvalue weighted by Crippen LogP contribution is 2.52. The van der Waals surface area contributed by atoms with Gasteiger partial charge in [-0.05, 0) is 114 Å². The molecule has 1 unspecified atom stereocenters. The lowest BCUT2D eigenvalue weighted by Gasteiger charge is -2.52. The zero-order valence-corrected chi connectivity index (χ0v) is 25.9. The van der Waals surface area contributed by atoms with Crippen molar-refractivity contribution in [3.63, 3.8) is 0 Å². The summed E-state index contributed by atoms with van der Waals surface area (Å²) in [7, 11) is -1.09. The molecule has 2 N–H and O–H groups in total. The fourth-order valence-corrected chi connectivity index (χ4v) is 8.42. The average Bonchev–Trinajstić information content (AvgIpc) is 3.82. The van der Waals surface area contributed by atoms with Gasteiger partial charge in [0.05, 0.1) is 28.2 Å². The van der Waals surface area contributed by atoms with E-state index in [2.05, 4.69) is 34.0 Å². The third kappa shape index (κ3) is 7.53. The monoisotopic (exact) mass is 606 g/mol. The Kier molecular flexibility index (Phi) is 9.64. The van der Waals surface area contributed by atoms with Crippen LogP contribution < -0.4 is 5.32 Å². The molecule has 0 bridgehead atoms. The molecule has 3 saturated carbocycles. The highest BCUT2D eigenvalue weighted by atomic mass is 32.2. The first kappa shape index (κ1) is 31.4. The molecule has 232 valence electrons. The number of nitrogens with one attached hydrogen (secondary N) is 1. The molecule has 0 radical (unpaired) electrons. The van der Waals surface area contributed by atoms with E-state index in [1.54, 1.807) is 0 Å². The van der Waals surface area contributed by atoms with Crippen molar-refractivity contribution in [2.75, 3.05) is 18.4 Å². The summed E-state index contributed by atoms with van der Waals surface area (Å²) in [6.45, 7) is 8.60. The van der Waals surface area contributed by atoms with Crippen molar-refractivity contribution in [3.05, 3.63) is 41.2 Å². The quantitative estimate of drug-likeness (QED) is 0.355. The van der Waals surface area contributed by atoms with Gasteiger partial charge in [-0.1, -0.05) is 19.3 Å². The lowest BCUT2D eigenvalue weighted by molar-refractivity contribution is -0.139. The van der Waals surface area contributed by atoms with Crippen LogP contribution in [0, 0.1) is 12.3 Å². The topological polar surface area (TPSA) is 78.4 Å². The highest BCUT2D eigenvalue weighted by molar-refractivity contribution is 7.85. The molecule has 1 aliphatic heterocycles. The molecule has 4 fully saturated rings. The van der Waals surface area contributed by atoms with E-state index in [0.717, 1.165) is 42.6 Å². The number of aryl methyl sites for hydroxylation is 1. The zero-order chi connectivity index (χ0) is 30.1. The van der Waals surface area contributed by atoms with Crippen LogP contribution in [0.2, 0.25) is 0 Å². The van der Waals surface area contributed by atoms with Crippen LogP contribution >= 0.6 is 0 Å². The third-order valence-electron chi connectivity index (χ3n) is 9.45. The van der Waals surface area contributed by atoms with Crippen LogP contribution in [0.4, 0.5) is 24.8 Å². The summed E-state index contributed by atoms with van der Waals surface area (Å²) in [4.78, 5) is 11.6. The molecule has 2 heterocycles. The van der Waals surface area contributed by atoms with Gasteiger partial charge in [-0.15, -0.1) is 0 Å². The summed E-state index contributed by atoms with van der Waals surface area (Å²) >= 11 is 0. The van der Waals surface area contributed by atoms with E-state index in [9.17, 15) is 22.5 Å². The molecule has 1 saturated heterocycles. The van der Waals surface area contributed by atoms with Crippen molar-refractivity contribution in [2.24, 2.45) is 5.41 Å². The third-order valence-corrected chi connectivity index (χ3v) is 11.1. The van der Waals surface area contributed by atoms with E-state index in [-0.39, 0.29) is 22.8 Å². The standard InChI is InChI=1S/C29H39F3N4O2S.C3H6/c1-18(2)36-12-10-28(11-13-36)15-23(16-28)39(38)22-8-9-25(19(3)14-22)34-27-33-17-24(29(30,31)32)26(35-27)20-4-6-21(37)7-5-20;1-2-3-1/h8-9,14,17-18,20-21,23,37H,4-7,10-13,15-16H2,1-3H3,(H,33,34,35);1-3H2. The molecule has 1 atom stereocenters. The molecule has 1 aromatic carbocycles. The number of aliphatic hydroxyl groups excluding tert-OH is 1. The van der Waals surface area contributed by atoms with Gasteiger partial charge in [0.1, 0.15) is 0 Å². The predicted molar refractivity (Wildman–Crippen MR) is 160 cm³/mol. The van der Waals surface area contributed by atoms with Gasteiger partial charge in [-0.25, -0.2) is 9.97 Å². The van der Waals surface area contributed by atoms with Crippen molar-refractivity contribution in [1.82, 2.24) is 14.9 Å². The Hall–Kier alpha value is -2.04. The Morgan fingerprint density at radius 3 is 2.26 bits per heavy atom. The summed E-state index contributed by atoms with van der Waals surface area (Å²) < 4.78 is 54.5. The summed E-state index contributed by atoms with van der Waals surface area (Å²) in [5.74, 6) is -0.266. The smallest absolute Gasteiger partial charge is 0.393 e. The summed E-state index contributed by atoms with van der Waals surface area (Å²) in [6.07, 6.45) is 6.55. The number of anilines is 2. The second-order valence-corrected chi connectivity index (χ2v) is 14.8. The minimum atomic E-state index is -4.54. The van der Waals surface area contributed by atoms with Gasteiger partial charge < -0.3 is 15.3 Å². The number of likely N-dealkylation sites (tertiary alicyclic amines) is 1. The molecule has 1 aromatic heterocycles. The van der Waals surface area contributed by atoms with Gasteiger partial charge in [-0.2, -0.15) is 13.2 Å². The normalized spacial score (nSPS) is 25.0. The first-order valence-electron chi connectivity index (χ1n) is 15.6. The first-order valence-corrected chi connectivity index (χ1v) is 16.8. The molecule has 42 heavy (non-hydrogen) atoms. The number of benzene rings is 1. The average molecular weight is 607 g/mol. The van der Waals surface area contributed by atoms with E-state index < -0.39 is 28.6 Å². The lowest BCUT2D eigenvalue weighted by Crippen LogP contribution is -2.51. The molecule has 10 heteroatoms. The highest BCUT2D eigenvalue weighted by Gasteiger charge is 2.48. The minimum absolute atomic E-state index is 0.0135. The number of aliphatic hydroxyl groups is 1. The molecule has 3 aliphatic carbocycles. The molecular weight excluding hydrogens is 561 g/mol. The number of alkyl halides is 3. The minimum Gasteiger partial charge on any atom is -0.393 e. The summed E-state index contributed by atoms with van der Waals surface area (Å²) in [6, 6.07) is 6.13. The molecule has 6 rings (SSSR count). The van der Waals surface area contributed by atoms with Gasteiger partial charge in [0.25, 0.3) is 0 Å². The van der Waals surface area contributed by atoms with Crippen molar-refractivity contribution in [3.8, 4) is 0 Å². The SMILES string of the molecule is C1CC1.Cc1cc(S(=O)C2CC3(CCN(C(C)C)CC3)C2)ccc1Nc1ncc(C(F)(F)F)c(C2CCC(O)CC2)n1. The predicted octanol–water partition coefficient (Wildman–Crippen LogP) is 7.50. The molecule has 0 amide bonds. The van der Waals surface area contributed by atoms with E-state index in [4.69, 9.17) is 0 Å². The maximum atomic E-state index is 13.7. The van der Waals surface area contributed by atoms with Crippen LogP contribution in [0.15, 0.2) is 29.3 Å². The molecular formula is C32H45F3N4O2S. The van der Waals surface area contributed by atoms with Crippen molar-refractivity contribution in [2.45, 2.75) is 126 Å². The number of halogens is 3. The lowest BCUT2D eigenvalue weighted by atomic mass is 9.63. The van der Waals surface area contributed by atoms with Crippen LogP contribution in [-0.4, -0.2) is 54.7 Å². The first-order chi connectivity index (χ1) is 19.9. The number of hydrogen-bond donors (Lipinski definition) is 2. The Morgan fingerprint density at radius 1 is 1.07 bits per heavy atom. The second-order valence-electron chi connectivity index (χ2n) is 13.1. The second kappa shape index (κ2) is 12.9. The fourth-order valence-electron chi connectivity index (χ4n) is 6.53. The largest absolute Gasteiger partial charge is 0.419 e. The van der Waals surface area contributed by atoms with Crippen LogP contribution in [0.25, 0.3) is 0 Å². The number of nitrogens with zero attached hydrogens (tertiary/aromatic N) is 3. The van der Waals surface area contributed by atoms with E-state index in [1.165, 1.54) is 32.1 Å². The van der Waals surface area contributed by atoms with Gasteiger partial charge in [0.2, 0.25) is 5.95 Å². The molecule has 6 nitrogen and oxygen atoms in total. The van der Waals surface area contributed by atoms with Gasteiger partial charge in [0.15, 0.2) is 0 Å². The van der Waals surface area contributed by atoms with Crippen molar-refractivity contribution < 1.29 is 22.5 Å². The van der Waals surface area contributed by atoms with Gasteiger partial charge in [-0.3, -0.25) is 4.21 Å². The van der Waals surface area contributed by atoms with Crippen molar-refractivity contribution in [1.29, 1.82) is 0 Å². The Bertz CT molecular complexity index is 1240. The Labute approximate surface area is 250 Å². The number of piperidine rings is 1.